The van der Waals surface area contributed by atoms with Crippen LogP contribution in [-0.4, -0.2) is 20.0 Å². The number of benzene rings is 2. The molecule has 1 aliphatic carbocycles. The number of carbonyl (C=O) groups is 1. The Morgan fingerprint density at radius 3 is 2.38 bits per heavy atom. The van der Waals surface area contributed by atoms with Crippen LogP contribution in [0.4, 0.5) is 0 Å². The monoisotopic (exact) mass is 282 g/mol. The average molecular weight is 282 g/mol. The van der Waals surface area contributed by atoms with E-state index in [1.165, 1.54) is 5.56 Å². The average Bonchev–Trinajstić information content (AvgIpc) is 2.54. The number of ketones is 1. The van der Waals surface area contributed by atoms with Gasteiger partial charge in [-0.05, 0) is 30.0 Å². The predicted octanol–water partition coefficient (Wildman–Crippen LogP) is 3.62. The van der Waals surface area contributed by atoms with E-state index in [-0.39, 0.29) is 11.7 Å². The largest absolute Gasteiger partial charge is 0.493 e. The van der Waals surface area contributed by atoms with Gasteiger partial charge in [-0.2, -0.15) is 0 Å². The highest BCUT2D eigenvalue weighted by Crippen LogP contribution is 2.41. The Morgan fingerprint density at radius 2 is 1.71 bits per heavy atom. The van der Waals surface area contributed by atoms with Gasteiger partial charge < -0.3 is 9.47 Å². The van der Waals surface area contributed by atoms with Crippen molar-refractivity contribution in [2.75, 3.05) is 14.2 Å². The number of methoxy groups -OCH3 is 2. The third-order valence-corrected chi connectivity index (χ3v) is 4.10. The fourth-order valence-corrected chi connectivity index (χ4v) is 3.07. The van der Waals surface area contributed by atoms with Crippen molar-refractivity contribution >= 4 is 5.78 Å². The second kappa shape index (κ2) is 5.60. The summed E-state index contributed by atoms with van der Waals surface area (Å²) in [7, 11) is 3.23. The van der Waals surface area contributed by atoms with Crippen molar-refractivity contribution in [3.63, 3.8) is 0 Å². The molecule has 108 valence electrons. The highest BCUT2D eigenvalue weighted by atomic mass is 16.5. The van der Waals surface area contributed by atoms with E-state index >= 15 is 0 Å². The van der Waals surface area contributed by atoms with E-state index in [1.54, 1.807) is 20.3 Å². The molecule has 2 aromatic rings. The van der Waals surface area contributed by atoms with Gasteiger partial charge in [-0.1, -0.05) is 30.3 Å². The standard InChI is InChI=1S/C18H18O3/c1-20-17-9-8-14-15(18(17)21-2)10-13(11-16(14)19)12-6-4-3-5-7-12/h3-9,13H,10-11H2,1-2H3. The SMILES string of the molecule is COc1ccc2c(c1OC)CC(c1ccccc1)CC2=O. The molecule has 0 aliphatic heterocycles. The molecule has 0 radical (unpaired) electrons. The first-order valence-electron chi connectivity index (χ1n) is 7.06. The van der Waals surface area contributed by atoms with E-state index in [0.29, 0.717) is 17.9 Å². The quantitative estimate of drug-likeness (QED) is 0.862. The van der Waals surface area contributed by atoms with Crippen LogP contribution in [0.5, 0.6) is 11.5 Å². The van der Waals surface area contributed by atoms with E-state index < -0.39 is 0 Å². The van der Waals surface area contributed by atoms with Crippen LogP contribution in [-0.2, 0) is 6.42 Å². The molecule has 1 aliphatic rings. The van der Waals surface area contributed by atoms with Gasteiger partial charge in [0.2, 0.25) is 0 Å². The molecule has 2 aromatic carbocycles. The molecule has 0 spiro atoms. The van der Waals surface area contributed by atoms with Gasteiger partial charge in [0, 0.05) is 17.5 Å². The Morgan fingerprint density at radius 1 is 0.952 bits per heavy atom. The van der Waals surface area contributed by atoms with Gasteiger partial charge in [0.1, 0.15) is 0 Å². The van der Waals surface area contributed by atoms with E-state index in [4.69, 9.17) is 9.47 Å². The molecule has 0 amide bonds. The zero-order valence-corrected chi connectivity index (χ0v) is 12.3. The molecule has 21 heavy (non-hydrogen) atoms. The van der Waals surface area contributed by atoms with E-state index in [0.717, 1.165) is 17.5 Å². The van der Waals surface area contributed by atoms with Crippen LogP contribution in [0.15, 0.2) is 42.5 Å². The number of fused-ring (bicyclic) bond motifs is 1. The summed E-state index contributed by atoms with van der Waals surface area (Å²) in [5.41, 5.74) is 2.92. The van der Waals surface area contributed by atoms with Gasteiger partial charge >= 0.3 is 0 Å². The second-order valence-electron chi connectivity index (χ2n) is 5.27. The maximum Gasteiger partial charge on any atom is 0.164 e. The molecule has 3 heteroatoms. The number of hydrogen-bond donors (Lipinski definition) is 0. The summed E-state index contributed by atoms with van der Waals surface area (Å²) in [6, 6.07) is 13.8. The molecule has 0 fully saturated rings. The molecule has 0 saturated heterocycles. The summed E-state index contributed by atoms with van der Waals surface area (Å²) in [6.45, 7) is 0. The van der Waals surface area contributed by atoms with Gasteiger partial charge in [-0.25, -0.2) is 0 Å². The lowest BCUT2D eigenvalue weighted by atomic mass is 9.79. The second-order valence-corrected chi connectivity index (χ2v) is 5.27. The van der Waals surface area contributed by atoms with Crippen molar-refractivity contribution in [3.05, 3.63) is 59.2 Å². The lowest BCUT2D eigenvalue weighted by molar-refractivity contribution is 0.0963. The van der Waals surface area contributed by atoms with Crippen LogP contribution in [0.1, 0.15) is 33.8 Å². The first-order valence-corrected chi connectivity index (χ1v) is 7.06. The highest BCUT2D eigenvalue weighted by Gasteiger charge is 2.29. The smallest absolute Gasteiger partial charge is 0.164 e. The lowest BCUT2D eigenvalue weighted by Crippen LogP contribution is -2.19. The number of rotatable bonds is 3. The van der Waals surface area contributed by atoms with Gasteiger partial charge in [-0.15, -0.1) is 0 Å². The summed E-state index contributed by atoms with van der Waals surface area (Å²) < 4.78 is 10.8. The van der Waals surface area contributed by atoms with Crippen LogP contribution in [0.2, 0.25) is 0 Å². The predicted molar refractivity (Wildman–Crippen MR) is 81.4 cm³/mol. The first kappa shape index (κ1) is 13.7. The molecule has 3 nitrogen and oxygen atoms in total. The molecule has 0 N–H and O–H groups in total. The minimum absolute atomic E-state index is 0.172. The van der Waals surface area contributed by atoms with Gasteiger partial charge in [0.25, 0.3) is 0 Å². The molecule has 0 bridgehead atoms. The van der Waals surface area contributed by atoms with Gasteiger partial charge in [-0.3, -0.25) is 4.79 Å². The summed E-state index contributed by atoms with van der Waals surface area (Å²) in [5, 5.41) is 0. The number of ether oxygens (including phenoxy) is 2. The molecule has 1 atom stereocenters. The summed E-state index contributed by atoms with van der Waals surface area (Å²) in [6.07, 6.45) is 1.35. The van der Waals surface area contributed by atoms with Crippen molar-refractivity contribution in [1.82, 2.24) is 0 Å². The highest BCUT2D eigenvalue weighted by molar-refractivity contribution is 6.00. The van der Waals surface area contributed by atoms with E-state index in [9.17, 15) is 4.79 Å². The third kappa shape index (κ3) is 2.40. The van der Waals surface area contributed by atoms with Crippen molar-refractivity contribution in [2.45, 2.75) is 18.8 Å². The van der Waals surface area contributed by atoms with Crippen LogP contribution in [0.3, 0.4) is 0 Å². The maximum absolute atomic E-state index is 12.4. The minimum atomic E-state index is 0.172. The topological polar surface area (TPSA) is 35.5 Å². The molecule has 0 saturated carbocycles. The van der Waals surface area contributed by atoms with Crippen molar-refractivity contribution < 1.29 is 14.3 Å². The van der Waals surface area contributed by atoms with Gasteiger partial charge in [0.15, 0.2) is 17.3 Å². The van der Waals surface area contributed by atoms with Crippen molar-refractivity contribution in [3.8, 4) is 11.5 Å². The fourth-order valence-electron chi connectivity index (χ4n) is 3.07. The van der Waals surface area contributed by atoms with Crippen LogP contribution in [0, 0.1) is 0 Å². The zero-order chi connectivity index (χ0) is 14.8. The molecular weight excluding hydrogens is 264 g/mol. The zero-order valence-electron chi connectivity index (χ0n) is 12.3. The number of hydrogen-bond acceptors (Lipinski definition) is 3. The Hall–Kier alpha value is -2.29. The van der Waals surface area contributed by atoms with Crippen molar-refractivity contribution in [1.29, 1.82) is 0 Å². The Balaban J connectivity index is 2.06. The summed E-state index contributed by atoms with van der Waals surface area (Å²) in [4.78, 5) is 12.4. The molecule has 0 aromatic heterocycles. The van der Waals surface area contributed by atoms with E-state index in [1.807, 2.05) is 24.3 Å². The Bertz CT molecular complexity index is 662. The number of Topliss-reactive ketones (excluding diaryl/α,β-unsaturated/α-hetero) is 1. The third-order valence-electron chi connectivity index (χ3n) is 4.10. The van der Waals surface area contributed by atoms with Crippen molar-refractivity contribution in [2.24, 2.45) is 0 Å². The van der Waals surface area contributed by atoms with Crippen LogP contribution in [0.25, 0.3) is 0 Å². The molecular formula is C18H18O3. The minimum Gasteiger partial charge on any atom is -0.493 e. The Kier molecular flexibility index (Phi) is 3.65. The van der Waals surface area contributed by atoms with E-state index in [2.05, 4.69) is 12.1 Å². The summed E-state index contributed by atoms with van der Waals surface area (Å²) in [5.74, 6) is 1.74. The number of carbonyl (C=O) groups excluding carboxylic acids is 1. The lowest BCUT2D eigenvalue weighted by Gasteiger charge is -2.26. The fraction of sp³-hybridized carbons (Fsp3) is 0.278. The molecule has 1 unspecified atom stereocenters. The molecule has 3 rings (SSSR count). The van der Waals surface area contributed by atoms with Crippen LogP contribution >= 0.6 is 0 Å². The van der Waals surface area contributed by atoms with Crippen LogP contribution < -0.4 is 9.47 Å². The normalized spacial score (nSPS) is 17.2. The first-order chi connectivity index (χ1) is 10.2. The summed E-state index contributed by atoms with van der Waals surface area (Å²) >= 11 is 0. The molecule has 0 heterocycles. The Labute approximate surface area is 124 Å². The maximum atomic E-state index is 12.4. The van der Waals surface area contributed by atoms with Gasteiger partial charge in [0.05, 0.1) is 14.2 Å².